The van der Waals surface area contributed by atoms with Crippen LogP contribution in [0.4, 0.5) is 10.1 Å². The van der Waals surface area contributed by atoms with Crippen LogP contribution in [0.25, 0.3) is 11.0 Å². The maximum absolute atomic E-state index is 14.8. The van der Waals surface area contributed by atoms with Gasteiger partial charge in [-0.25, -0.2) is 19.0 Å². The molecule has 3 amide bonds. The number of imidazole rings is 1. The van der Waals surface area contributed by atoms with E-state index in [9.17, 15) is 38.6 Å². The number of carbonyl (C=O) groups excluding carboxylic acids is 3. The second-order valence-electron chi connectivity index (χ2n) is 11.6. The molecule has 12 nitrogen and oxygen atoms in total. The van der Waals surface area contributed by atoms with Crippen molar-refractivity contribution in [3.05, 3.63) is 94.6 Å². The van der Waals surface area contributed by atoms with Crippen LogP contribution in [0.3, 0.4) is 0 Å². The van der Waals surface area contributed by atoms with Crippen LogP contribution in [0.5, 0.6) is 0 Å². The number of nitrogens with zero attached hydrogens (tertiary/aromatic N) is 2. The molecule has 0 radical (unpaired) electrons. The number of rotatable bonds is 10. The van der Waals surface area contributed by atoms with E-state index in [2.05, 4.69) is 20.6 Å². The number of carboxylic acid groups (broad SMARTS) is 2. The first-order valence-electron chi connectivity index (χ1n) is 15.2. The lowest BCUT2D eigenvalue weighted by molar-refractivity contribution is -0.118. The third kappa shape index (κ3) is 7.63. The Morgan fingerprint density at radius 2 is 1.60 bits per heavy atom. The minimum atomic E-state index is -1.43. The molecule has 4 aromatic rings. The van der Waals surface area contributed by atoms with Crippen molar-refractivity contribution in [1.82, 2.24) is 20.2 Å². The molecule has 47 heavy (non-hydrogen) atoms. The lowest BCUT2D eigenvalue weighted by Gasteiger charge is -2.28. The SMILES string of the molecule is CN(C(=O)c1cc2[nH]cnc2cc1C(=O)NC(Cc1ccccc1F)C(=O)Nc1cc(C(=O)O)cc(C(=O)O)c1)C1CCCCCC1. The molecular formula is C34H34FN5O7. The van der Waals surface area contributed by atoms with Crippen molar-refractivity contribution in [3.8, 4) is 0 Å². The van der Waals surface area contributed by atoms with Gasteiger partial charge >= 0.3 is 11.9 Å². The van der Waals surface area contributed by atoms with Gasteiger partial charge in [0.05, 0.1) is 39.6 Å². The molecule has 1 unspecified atom stereocenters. The molecule has 5 rings (SSSR count). The van der Waals surface area contributed by atoms with Crippen LogP contribution < -0.4 is 10.6 Å². The normalized spacial score (nSPS) is 14.2. The van der Waals surface area contributed by atoms with Crippen molar-refractivity contribution in [2.24, 2.45) is 0 Å². The Kier molecular flexibility index (Phi) is 9.93. The van der Waals surface area contributed by atoms with Crippen LogP contribution in [0.2, 0.25) is 0 Å². The van der Waals surface area contributed by atoms with Gasteiger partial charge in [0.1, 0.15) is 11.9 Å². The molecule has 1 heterocycles. The molecule has 0 saturated heterocycles. The topological polar surface area (TPSA) is 182 Å². The highest BCUT2D eigenvalue weighted by atomic mass is 19.1. The van der Waals surface area contributed by atoms with E-state index in [0.29, 0.717) is 11.0 Å². The van der Waals surface area contributed by atoms with E-state index in [0.717, 1.165) is 56.7 Å². The Labute approximate surface area is 269 Å². The molecule has 1 aliphatic rings. The predicted octanol–water partition coefficient (Wildman–Crippen LogP) is 4.87. The van der Waals surface area contributed by atoms with Gasteiger partial charge < -0.3 is 30.7 Å². The van der Waals surface area contributed by atoms with Gasteiger partial charge in [-0.3, -0.25) is 14.4 Å². The number of anilines is 1. The number of aromatic nitrogens is 2. The average molecular weight is 644 g/mol. The van der Waals surface area contributed by atoms with Gasteiger partial charge in [0.2, 0.25) is 5.91 Å². The Morgan fingerprint density at radius 1 is 0.936 bits per heavy atom. The van der Waals surface area contributed by atoms with Gasteiger partial charge in [-0.2, -0.15) is 0 Å². The van der Waals surface area contributed by atoms with Crippen molar-refractivity contribution >= 4 is 46.4 Å². The lowest BCUT2D eigenvalue weighted by Crippen LogP contribution is -2.46. The summed E-state index contributed by atoms with van der Waals surface area (Å²) in [6.45, 7) is 0. The van der Waals surface area contributed by atoms with Gasteiger partial charge in [0.25, 0.3) is 11.8 Å². The molecule has 1 aliphatic carbocycles. The van der Waals surface area contributed by atoms with Gasteiger partial charge in [-0.1, -0.05) is 43.9 Å². The number of halogens is 1. The number of carboxylic acids is 2. The summed E-state index contributed by atoms with van der Waals surface area (Å²) >= 11 is 0. The fraction of sp³-hybridized carbons (Fsp3) is 0.294. The molecule has 244 valence electrons. The molecule has 0 aliphatic heterocycles. The first-order valence-corrected chi connectivity index (χ1v) is 15.2. The van der Waals surface area contributed by atoms with Crippen molar-refractivity contribution < 1.29 is 38.6 Å². The Morgan fingerprint density at radius 3 is 2.23 bits per heavy atom. The zero-order valence-corrected chi connectivity index (χ0v) is 25.6. The second-order valence-corrected chi connectivity index (χ2v) is 11.6. The van der Waals surface area contributed by atoms with E-state index in [-0.39, 0.29) is 51.9 Å². The minimum Gasteiger partial charge on any atom is -0.478 e. The van der Waals surface area contributed by atoms with Crippen molar-refractivity contribution in [3.63, 3.8) is 0 Å². The summed E-state index contributed by atoms with van der Waals surface area (Å²) in [6, 6.07) is 10.3. The number of benzene rings is 3. The molecular weight excluding hydrogens is 609 g/mol. The van der Waals surface area contributed by atoms with E-state index in [1.165, 1.54) is 30.6 Å². The van der Waals surface area contributed by atoms with Crippen LogP contribution in [0.1, 0.15) is 85.5 Å². The average Bonchev–Trinajstić information content (AvgIpc) is 3.34. The number of aromatic carboxylic acids is 2. The van der Waals surface area contributed by atoms with Gasteiger partial charge in [0.15, 0.2) is 0 Å². The summed E-state index contributed by atoms with van der Waals surface area (Å²) in [7, 11) is 1.71. The third-order valence-electron chi connectivity index (χ3n) is 8.43. The van der Waals surface area contributed by atoms with Crippen molar-refractivity contribution in [2.75, 3.05) is 12.4 Å². The molecule has 3 aromatic carbocycles. The highest BCUT2D eigenvalue weighted by Crippen LogP contribution is 2.25. The zero-order chi connectivity index (χ0) is 33.7. The van der Waals surface area contributed by atoms with Crippen LogP contribution in [0.15, 0.2) is 60.9 Å². The van der Waals surface area contributed by atoms with Crippen LogP contribution in [-0.2, 0) is 11.2 Å². The minimum absolute atomic E-state index is 0.00443. The smallest absolute Gasteiger partial charge is 0.335 e. The number of aromatic amines is 1. The molecule has 1 atom stereocenters. The standard InChI is InChI=1S/C34H34FN5O7/c1-40(23-9-4-2-3-5-10-23)32(43)25-17-28-27(36-18-37-28)16-24(25)30(41)39-29(15-19-8-6-7-11-26(19)35)31(42)38-22-13-20(33(44)45)12-21(14-22)34(46)47/h6-8,11-14,16-18,23,29H,2-5,9-10,15H2,1H3,(H,36,37)(H,38,42)(H,39,41)(H,44,45)(H,46,47). The first-order chi connectivity index (χ1) is 22.5. The summed E-state index contributed by atoms with van der Waals surface area (Å²) in [6.07, 6.45) is 6.97. The Hall–Kier alpha value is -5.59. The molecule has 0 spiro atoms. The van der Waals surface area contributed by atoms with Gasteiger partial charge in [-0.05, 0) is 54.8 Å². The quantitative estimate of drug-likeness (QED) is 0.152. The third-order valence-corrected chi connectivity index (χ3v) is 8.43. The maximum atomic E-state index is 14.8. The number of amides is 3. The molecule has 5 N–H and O–H groups in total. The highest BCUT2D eigenvalue weighted by Gasteiger charge is 2.30. The predicted molar refractivity (Wildman–Crippen MR) is 170 cm³/mol. The number of fused-ring (bicyclic) bond motifs is 1. The summed E-state index contributed by atoms with van der Waals surface area (Å²) in [5.41, 5.74) is 0.174. The summed E-state index contributed by atoms with van der Waals surface area (Å²) in [4.78, 5) is 73.6. The van der Waals surface area contributed by atoms with E-state index in [4.69, 9.17) is 0 Å². The molecule has 1 fully saturated rings. The van der Waals surface area contributed by atoms with E-state index < -0.39 is 35.6 Å². The first kappa shape index (κ1) is 32.8. The molecule has 13 heteroatoms. The summed E-state index contributed by atoms with van der Waals surface area (Å²) in [5, 5.41) is 24.0. The monoisotopic (exact) mass is 643 g/mol. The number of nitrogens with one attached hydrogen (secondary N) is 3. The van der Waals surface area contributed by atoms with Crippen LogP contribution in [0, 0.1) is 5.82 Å². The zero-order valence-electron chi connectivity index (χ0n) is 25.6. The Balaban J connectivity index is 1.49. The van der Waals surface area contributed by atoms with Crippen LogP contribution in [-0.4, -0.2) is 73.9 Å². The van der Waals surface area contributed by atoms with E-state index in [1.54, 1.807) is 24.1 Å². The van der Waals surface area contributed by atoms with Crippen molar-refractivity contribution in [1.29, 1.82) is 0 Å². The second kappa shape index (κ2) is 14.2. The maximum Gasteiger partial charge on any atom is 0.335 e. The van der Waals surface area contributed by atoms with Crippen LogP contribution >= 0.6 is 0 Å². The fourth-order valence-electron chi connectivity index (χ4n) is 5.85. The summed E-state index contributed by atoms with van der Waals surface area (Å²) < 4.78 is 14.8. The van der Waals surface area contributed by atoms with Gasteiger partial charge in [-0.15, -0.1) is 0 Å². The molecule has 0 bridgehead atoms. The van der Waals surface area contributed by atoms with E-state index >= 15 is 0 Å². The number of hydrogen-bond donors (Lipinski definition) is 5. The molecule has 1 aromatic heterocycles. The number of H-pyrrole nitrogens is 1. The van der Waals surface area contributed by atoms with Crippen molar-refractivity contribution in [2.45, 2.75) is 57.0 Å². The number of carbonyl (C=O) groups is 5. The highest BCUT2D eigenvalue weighted by molar-refractivity contribution is 6.11. The van der Waals surface area contributed by atoms with Gasteiger partial charge in [0, 0.05) is 25.2 Å². The van der Waals surface area contributed by atoms with E-state index in [1.807, 2.05) is 0 Å². The number of hydrogen-bond acceptors (Lipinski definition) is 6. The largest absolute Gasteiger partial charge is 0.478 e. The Bertz CT molecular complexity index is 1820. The fourth-order valence-corrected chi connectivity index (χ4v) is 5.85. The summed E-state index contributed by atoms with van der Waals surface area (Å²) in [5.74, 6) is -5.50. The lowest BCUT2D eigenvalue weighted by atomic mass is 10.00. The molecule has 1 saturated carbocycles.